The smallest absolute Gasteiger partial charge is 0.138 e. The minimum atomic E-state index is -0.567. The summed E-state index contributed by atoms with van der Waals surface area (Å²) in [6.07, 6.45) is -0.567. The van der Waals surface area contributed by atoms with Crippen LogP contribution in [0.25, 0.3) is 0 Å². The number of halogens is 1. The first kappa shape index (κ1) is 21.8. The summed E-state index contributed by atoms with van der Waals surface area (Å²) < 4.78 is 5.96. The fourth-order valence-electron chi connectivity index (χ4n) is 3.69. The molecule has 0 bridgehead atoms. The topological polar surface area (TPSA) is 56.2 Å². The monoisotopic (exact) mass is 418 g/mol. The van der Waals surface area contributed by atoms with Gasteiger partial charge in [-0.1, -0.05) is 37.6 Å². The molecule has 0 spiro atoms. The molecule has 0 amide bonds. The van der Waals surface area contributed by atoms with Gasteiger partial charge in [0.1, 0.15) is 24.2 Å². The first-order chi connectivity index (χ1) is 13.8. The van der Waals surface area contributed by atoms with Crippen LogP contribution in [0.4, 0.5) is 5.69 Å². The lowest BCUT2D eigenvalue weighted by Crippen LogP contribution is -2.49. The lowest BCUT2D eigenvalue weighted by atomic mass is 10.0. The molecule has 1 unspecified atom stereocenters. The number of aliphatic hydroxyl groups is 1. The number of nitrogens with zero attached hydrogens (tertiary/aromatic N) is 2. The maximum absolute atomic E-state index is 10.5. The number of hydrogen-bond donors (Lipinski definition) is 2. The van der Waals surface area contributed by atoms with Crippen LogP contribution >= 0.6 is 11.6 Å². The Morgan fingerprint density at radius 1 is 1.10 bits per heavy atom. The summed E-state index contributed by atoms with van der Waals surface area (Å²) in [5.41, 5.74) is 2.90. The zero-order valence-corrected chi connectivity index (χ0v) is 18.2. The first-order valence-corrected chi connectivity index (χ1v) is 10.6. The number of aryl methyl sites for hydroxylation is 1. The number of phenols is 1. The van der Waals surface area contributed by atoms with Gasteiger partial charge in [0.25, 0.3) is 0 Å². The molecule has 2 aromatic rings. The second-order valence-corrected chi connectivity index (χ2v) is 8.44. The third kappa shape index (κ3) is 5.56. The Labute approximate surface area is 178 Å². The van der Waals surface area contributed by atoms with E-state index in [9.17, 15) is 10.2 Å². The highest BCUT2D eigenvalue weighted by Gasteiger charge is 2.21. The third-order valence-electron chi connectivity index (χ3n) is 5.41. The van der Waals surface area contributed by atoms with Crippen molar-refractivity contribution in [2.45, 2.75) is 32.8 Å². The Morgan fingerprint density at radius 2 is 1.79 bits per heavy atom. The number of hydrogen-bond acceptors (Lipinski definition) is 5. The summed E-state index contributed by atoms with van der Waals surface area (Å²) in [7, 11) is 0. The standard InChI is InChI=1S/C23H31ClN2O3/c1-16(2)19-13-20(24)17(3)12-23(19)29-15-18(27)14-25-8-10-26(11-9-25)21-6-4-5-7-22(21)28/h4-7,12-13,16,18,27-28H,8-11,14-15H2,1-3H3. The van der Waals surface area contributed by atoms with E-state index in [0.717, 1.165) is 53.8 Å². The van der Waals surface area contributed by atoms with E-state index in [-0.39, 0.29) is 6.61 Å². The van der Waals surface area contributed by atoms with E-state index in [1.807, 2.05) is 37.3 Å². The van der Waals surface area contributed by atoms with Crippen LogP contribution in [-0.4, -0.2) is 60.5 Å². The number of para-hydroxylation sites is 2. The van der Waals surface area contributed by atoms with Gasteiger partial charge in [-0.05, 0) is 48.2 Å². The average molecular weight is 419 g/mol. The van der Waals surface area contributed by atoms with Crippen molar-refractivity contribution in [1.82, 2.24) is 4.90 Å². The molecule has 158 valence electrons. The number of phenolic OH excluding ortho intramolecular Hbond substituents is 1. The van der Waals surface area contributed by atoms with Crippen LogP contribution in [0, 0.1) is 6.92 Å². The van der Waals surface area contributed by atoms with Crippen LogP contribution < -0.4 is 9.64 Å². The van der Waals surface area contributed by atoms with Crippen LogP contribution in [0.1, 0.15) is 30.9 Å². The Morgan fingerprint density at radius 3 is 2.45 bits per heavy atom. The average Bonchev–Trinajstić information content (AvgIpc) is 2.69. The molecule has 29 heavy (non-hydrogen) atoms. The van der Waals surface area contributed by atoms with E-state index >= 15 is 0 Å². The number of anilines is 1. The quantitative estimate of drug-likeness (QED) is 0.710. The van der Waals surface area contributed by atoms with E-state index in [2.05, 4.69) is 23.6 Å². The fourth-order valence-corrected chi connectivity index (χ4v) is 3.86. The molecular formula is C23H31ClN2O3. The summed E-state index contributed by atoms with van der Waals surface area (Å²) in [5.74, 6) is 1.40. The van der Waals surface area contributed by atoms with Crippen LogP contribution in [0.15, 0.2) is 36.4 Å². The van der Waals surface area contributed by atoms with Gasteiger partial charge >= 0.3 is 0 Å². The van der Waals surface area contributed by atoms with Crippen LogP contribution in [-0.2, 0) is 0 Å². The van der Waals surface area contributed by atoms with Crippen molar-refractivity contribution in [1.29, 1.82) is 0 Å². The van der Waals surface area contributed by atoms with Gasteiger partial charge in [-0.25, -0.2) is 0 Å². The zero-order valence-electron chi connectivity index (χ0n) is 17.4. The Bertz CT molecular complexity index is 820. The predicted octanol–water partition coefficient (Wildman–Crippen LogP) is 4.04. The molecule has 0 saturated carbocycles. The van der Waals surface area contributed by atoms with E-state index in [1.165, 1.54) is 0 Å². The van der Waals surface area contributed by atoms with E-state index < -0.39 is 6.10 Å². The summed E-state index contributed by atoms with van der Waals surface area (Å²) >= 11 is 6.26. The molecular weight excluding hydrogens is 388 g/mol. The summed E-state index contributed by atoms with van der Waals surface area (Å²) in [6.45, 7) is 10.3. The van der Waals surface area contributed by atoms with Gasteiger partial charge in [0.05, 0.1) is 5.69 Å². The third-order valence-corrected chi connectivity index (χ3v) is 5.82. The normalized spacial score (nSPS) is 16.3. The number of piperazine rings is 1. The number of β-amino-alcohol motifs (C(OH)–C–C–N with tert-alkyl or cyclic N) is 1. The minimum Gasteiger partial charge on any atom is -0.506 e. The highest BCUT2D eigenvalue weighted by atomic mass is 35.5. The highest BCUT2D eigenvalue weighted by molar-refractivity contribution is 6.31. The molecule has 5 nitrogen and oxygen atoms in total. The van der Waals surface area contributed by atoms with Crippen LogP contribution in [0.5, 0.6) is 11.5 Å². The number of benzene rings is 2. The van der Waals surface area contributed by atoms with Crippen molar-refractivity contribution in [3.63, 3.8) is 0 Å². The molecule has 1 fully saturated rings. The maximum Gasteiger partial charge on any atom is 0.138 e. The van der Waals surface area contributed by atoms with Gasteiger partial charge in [0.2, 0.25) is 0 Å². The van der Waals surface area contributed by atoms with Crippen molar-refractivity contribution in [3.8, 4) is 11.5 Å². The Hall–Kier alpha value is -1.95. The van der Waals surface area contributed by atoms with Gasteiger partial charge in [-0.3, -0.25) is 4.90 Å². The van der Waals surface area contributed by atoms with E-state index in [4.69, 9.17) is 16.3 Å². The molecule has 1 saturated heterocycles. The number of aliphatic hydroxyl groups excluding tert-OH is 1. The van der Waals surface area contributed by atoms with E-state index in [1.54, 1.807) is 6.07 Å². The summed E-state index contributed by atoms with van der Waals surface area (Å²) in [6, 6.07) is 11.3. The second-order valence-electron chi connectivity index (χ2n) is 8.04. The molecule has 3 rings (SSSR count). The van der Waals surface area contributed by atoms with Crippen molar-refractivity contribution in [2.24, 2.45) is 0 Å². The first-order valence-electron chi connectivity index (χ1n) is 10.2. The van der Waals surface area contributed by atoms with Crippen molar-refractivity contribution in [2.75, 3.05) is 44.2 Å². The van der Waals surface area contributed by atoms with E-state index in [0.29, 0.717) is 18.2 Å². The molecule has 1 aliphatic rings. The molecule has 1 aliphatic heterocycles. The predicted molar refractivity (Wildman–Crippen MR) is 119 cm³/mol. The number of rotatable bonds is 7. The van der Waals surface area contributed by atoms with Gasteiger partial charge < -0.3 is 19.8 Å². The van der Waals surface area contributed by atoms with Gasteiger partial charge in [0.15, 0.2) is 0 Å². The second kappa shape index (κ2) is 9.70. The minimum absolute atomic E-state index is 0.250. The largest absolute Gasteiger partial charge is 0.506 e. The molecule has 2 N–H and O–H groups in total. The molecule has 0 radical (unpaired) electrons. The molecule has 6 heteroatoms. The molecule has 2 aromatic carbocycles. The van der Waals surface area contributed by atoms with Gasteiger partial charge in [0, 0.05) is 37.7 Å². The zero-order chi connectivity index (χ0) is 21.0. The van der Waals surface area contributed by atoms with Gasteiger partial charge in [-0.15, -0.1) is 0 Å². The molecule has 1 atom stereocenters. The Balaban J connectivity index is 1.50. The SMILES string of the molecule is Cc1cc(OCC(O)CN2CCN(c3ccccc3O)CC2)c(C(C)C)cc1Cl. The van der Waals surface area contributed by atoms with Gasteiger partial charge in [-0.2, -0.15) is 0 Å². The van der Waals surface area contributed by atoms with Crippen molar-refractivity contribution >= 4 is 17.3 Å². The maximum atomic E-state index is 10.5. The lowest BCUT2D eigenvalue weighted by Gasteiger charge is -2.37. The van der Waals surface area contributed by atoms with Crippen molar-refractivity contribution in [3.05, 3.63) is 52.5 Å². The number of aromatic hydroxyl groups is 1. The molecule has 0 aromatic heterocycles. The summed E-state index contributed by atoms with van der Waals surface area (Å²) in [4.78, 5) is 4.42. The van der Waals surface area contributed by atoms with Crippen molar-refractivity contribution < 1.29 is 14.9 Å². The fraction of sp³-hybridized carbons (Fsp3) is 0.478. The highest BCUT2D eigenvalue weighted by Crippen LogP contribution is 2.32. The number of ether oxygens (including phenoxy) is 1. The van der Waals surface area contributed by atoms with Crippen LogP contribution in [0.3, 0.4) is 0 Å². The lowest BCUT2D eigenvalue weighted by molar-refractivity contribution is 0.0658. The summed E-state index contributed by atoms with van der Waals surface area (Å²) in [5, 5.41) is 21.3. The van der Waals surface area contributed by atoms with Crippen LogP contribution in [0.2, 0.25) is 5.02 Å². The molecule has 0 aliphatic carbocycles. The molecule has 1 heterocycles. The Kier molecular flexibility index (Phi) is 7.28.